The maximum atomic E-state index is 6.13. The maximum Gasteiger partial charge on any atom is 0.197 e. The van der Waals surface area contributed by atoms with Crippen molar-refractivity contribution in [2.45, 2.75) is 39.7 Å². The average Bonchev–Trinajstić information content (AvgIpc) is 2.55. The van der Waals surface area contributed by atoms with Gasteiger partial charge in [-0.05, 0) is 30.0 Å². The van der Waals surface area contributed by atoms with Crippen LogP contribution in [0.25, 0.3) is 11.1 Å². The van der Waals surface area contributed by atoms with Gasteiger partial charge in [0.2, 0.25) is 0 Å². The lowest BCUT2D eigenvalue weighted by Crippen LogP contribution is -2.28. The molecule has 1 atom stereocenters. The van der Waals surface area contributed by atoms with Gasteiger partial charge in [0.05, 0.1) is 0 Å². The molecule has 0 aliphatic rings. The zero-order chi connectivity index (χ0) is 13.3. The average molecular weight is 311 g/mol. The van der Waals surface area contributed by atoms with Gasteiger partial charge in [-0.1, -0.05) is 36.7 Å². The molecule has 1 aromatic heterocycles. The molecule has 0 aliphatic carbocycles. The molecule has 0 aliphatic heterocycles. The summed E-state index contributed by atoms with van der Waals surface area (Å²) in [5.41, 5.74) is 8.06. The van der Waals surface area contributed by atoms with Crippen LogP contribution in [0.15, 0.2) is 27.1 Å². The first-order valence-corrected chi connectivity index (χ1v) is 6.93. The van der Waals surface area contributed by atoms with Crippen LogP contribution in [0.3, 0.4) is 0 Å². The molecule has 3 nitrogen and oxygen atoms in total. The van der Waals surface area contributed by atoms with E-state index in [1.807, 2.05) is 18.2 Å². The molecule has 2 aromatic rings. The summed E-state index contributed by atoms with van der Waals surface area (Å²) in [5.74, 6) is 0.722. The molecular formula is C14H19BrN2O. The number of nitrogens with zero attached hydrogens (tertiary/aromatic N) is 1. The Morgan fingerprint density at radius 3 is 2.78 bits per heavy atom. The van der Waals surface area contributed by atoms with Gasteiger partial charge in [-0.25, -0.2) is 4.98 Å². The van der Waals surface area contributed by atoms with Crippen LogP contribution < -0.4 is 5.73 Å². The Morgan fingerprint density at radius 2 is 2.11 bits per heavy atom. The van der Waals surface area contributed by atoms with E-state index in [0.29, 0.717) is 6.42 Å². The standard InChI is InChI=1S/C14H19BrN2O/c1-14(2,3)8-10(16)7-13-17-11-6-9(15)4-5-12(11)18-13/h4-6,10H,7-8,16H2,1-3H3. The van der Waals surface area contributed by atoms with Crippen molar-refractivity contribution in [3.05, 3.63) is 28.6 Å². The first-order valence-electron chi connectivity index (χ1n) is 6.14. The number of rotatable bonds is 3. The number of hydrogen-bond acceptors (Lipinski definition) is 3. The third kappa shape index (κ3) is 3.56. The molecule has 0 spiro atoms. The second-order valence-corrected chi connectivity index (χ2v) is 6.86. The molecule has 98 valence electrons. The van der Waals surface area contributed by atoms with E-state index in [4.69, 9.17) is 10.2 Å². The SMILES string of the molecule is CC(C)(C)CC(N)Cc1nc2cc(Br)ccc2o1. The summed E-state index contributed by atoms with van der Waals surface area (Å²) in [7, 11) is 0. The fraction of sp³-hybridized carbons (Fsp3) is 0.500. The topological polar surface area (TPSA) is 52.0 Å². The van der Waals surface area contributed by atoms with Gasteiger partial charge < -0.3 is 10.2 Å². The molecule has 0 saturated heterocycles. The molecule has 18 heavy (non-hydrogen) atoms. The predicted molar refractivity (Wildman–Crippen MR) is 77.5 cm³/mol. The van der Waals surface area contributed by atoms with Crippen LogP contribution in [0.5, 0.6) is 0 Å². The van der Waals surface area contributed by atoms with Gasteiger partial charge in [-0.2, -0.15) is 0 Å². The first kappa shape index (κ1) is 13.6. The van der Waals surface area contributed by atoms with Crippen molar-refractivity contribution in [1.29, 1.82) is 0 Å². The lowest BCUT2D eigenvalue weighted by Gasteiger charge is -2.22. The fourth-order valence-electron chi connectivity index (χ4n) is 2.12. The number of halogens is 1. The van der Waals surface area contributed by atoms with Crippen molar-refractivity contribution >= 4 is 27.0 Å². The smallest absolute Gasteiger partial charge is 0.197 e. The van der Waals surface area contributed by atoms with E-state index in [1.54, 1.807) is 0 Å². The van der Waals surface area contributed by atoms with Crippen molar-refractivity contribution < 1.29 is 4.42 Å². The van der Waals surface area contributed by atoms with Crippen LogP contribution in [0.2, 0.25) is 0 Å². The van der Waals surface area contributed by atoms with E-state index in [-0.39, 0.29) is 11.5 Å². The van der Waals surface area contributed by atoms with Crippen LogP contribution >= 0.6 is 15.9 Å². The van der Waals surface area contributed by atoms with Crippen molar-refractivity contribution in [2.24, 2.45) is 11.1 Å². The summed E-state index contributed by atoms with van der Waals surface area (Å²) in [6, 6.07) is 5.91. The maximum absolute atomic E-state index is 6.13. The fourth-order valence-corrected chi connectivity index (χ4v) is 2.47. The minimum atomic E-state index is 0.0847. The van der Waals surface area contributed by atoms with Crippen LogP contribution in [0.4, 0.5) is 0 Å². The Morgan fingerprint density at radius 1 is 1.39 bits per heavy atom. The Balaban J connectivity index is 2.12. The molecule has 0 amide bonds. The van der Waals surface area contributed by atoms with Gasteiger partial charge in [0.1, 0.15) is 5.52 Å². The molecule has 0 bridgehead atoms. The lowest BCUT2D eigenvalue weighted by molar-refractivity contribution is 0.329. The summed E-state index contributed by atoms with van der Waals surface area (Å²) in [6.07, 6.45) is 1.64. The van der Waals surface area contributed by atoms with Crippen LogP contribution in [-0.2, 0) is 6.42 Å². The van der Waals surface area contributed by atoms with E-state index < -0.39 is 0 Å². The second kappa shape index (κ2) is 5.02. The highest BCUT2D eigenvalue weighted by Gasteiger charge is 2.18. The van der Waals surface area contributed by atoms with E-state index in [0.717, 1.165) is 27.9 Å². The van der Waals surface area contributed by atoms with Gasteiger partial charge in [-0.15, -0.1) is 0 Å². The number of aromatic nitrogens is 1. The monoisotopic (exact) mass is 310 g/mol. The molecule has 1 aromatic carbocycles. The number of nitrogens with two attached hydrogens (primary N) is 1. The number of fused-ring (bicyclic) bond motifs is 1. The quantitative estimate of drug-likeness (QED) is 0.935. The van der Waals surface area contributed by atoms with E-state index in [2.05, 4.69) is 41.7 Å². The second-order valence-electron chi connectivity index (χ2n) is 5.95. The molecule has 1 unspecified atom stereocenters. The van der Waals surface area contributed by atoms with Gasteiger partial charge >= 0.3 is 0 Å². The van der Waals surface area contributed by atoms with Crippen LogP contribution in [-0.4, -0.2) is 11.0 Å². The Hall–Kier alpha value is -0.870. The van der Waals surface area contributed by atoms with Gasteiger partial charge in [0, 0.05) is 16.9 Å². The van der Waals surface area contributed by atoms with Crippen LogP contribution in [0, 0.1) is 5.41 Å². The zero-order valence-corrected chi connectivity index (χ0v) is 12.6. The normalized spacial score (nSPS) is 14.1. The minimum Gasteiger partial charge on any atom is -0.441 e. The third-order valence-electron chi connectivity index (χ3n) is 2.71. The molecule has 1 heterocycles. The summed E-state index contributed by atoms with van der Waals surface area (Å²) in [4.78, 5) is 4.47. The number of hydrogen-bond donors (Lipinski definition) is 1. The van der Waals surface area contributed by atoms with Crippen molar-refractivity contribution in [1.82, 2.24) is 4.98 Å². The van der Waals surface area contributed by atoms with Gasteiger partial charge in [0.15, 0.2) is 11.5 Å². The summed E-state index contributed by atoms with van der Waals surface area (Å²) < 4.78 is 6.70. The van der Waals surface area contributed by atoms with E-state index in [1.165, 1.54) is 0 Å². The lowest BCUT2D eigenvalue weighted by atomic mass is 9.87. The molecule has 2 N–H and O–H groups in total. The molecular weight excluding hydrogens is 292 g/mol. The predicted octanol–water partition coefficient (Wildman–Crippen LogP) is 3.90. The van der Waals surface area contributed by atoms with Crippen molar-refractivity contribution in [3.63, 3.8) is 0 Å². The molecule has 0 radical (unpaired) electrons. The van der Waals surface area contributed by atoms with E-state index in [9.17, 15) is 0 Å². The van der Waals surface area contributed by atoms with Gasteiger partial charge in [-0.3, -0.25) is 0 Å². The molecule has 2 rings (SSSR count). The van der Waals surface area contributed by atoms with Gasteiger partial charge in [0.25, 0.3) is 0 Å². The summed E-state index contributed by atoms with van der Waals surface area (Å²) >= 11 is 3.43. The Labute approximate surface area is 116 Å². The molecule has 0 fully saturated rings. The first-order chi connectivity index (χ1) is 8.33. The third-order valence-corrected chi connectivity index (χ3v) is 3.20. The Bertz CT molecular complexity index is 542. The number of oxazole rings is 1. The Kier molecular flexibility index (Phi) is 3.78. The summed E-state index contributed by atoms with van der Waals surface area (Å²) in [5, 5.41) is 0. The molecule has 0 saturated carbocycles. The zero-order valence-electron chi connectivity index (χ0n) is 11.0. The summed E-state index contributed by atoms with van der Waals surface area (Å²) in [6.45, 7) is 6.57. The van der Waals surface area contributed by atoms with Crippen LogP contribution in [0.1, 0.15) is 33.1 Å². The largest absolute Gasteiger partial charge is 0.441 e. The highest BCUT2D eigenvalue weighted by atomic mass is 79.9. The van der Waals surface area contributed by atoms with Crippen molar-refractivity contribution in [2.75, 3.05) is 0 Å². The minimum absolute atomic E-state index is 0.0847. The highest BCUT2D eigenvalue weighted by molar-refractivity contribution is 9.10. The van der Waals surface area contributed by atoms with E-state index >= 15 is 0 Å². The number of benzene rings is 1. The highest BCUT2D eigenvalue weighted by Crippen LogP contribution is 2.24. The van der Waals surface area contributed by atoms with Crippen molar-refractivity contribution in [3.8, 4) is 0 Å². The molecule has 4 heteroatoms.